The molecule has 0 radical (unpaired) electrons. The molecule has 114 valence electrons. The summed E-state index contributed by atoms with van der Waals surface area (Å²) >= 11 is 0. The van der Waals surface area contributed by atoms with Crippen LogP contribution in [0.25, 0.3) is 0 Å². The number of carboxylic acid groups (broad SMARTS) is 1. The normalized spacial score (nSPS) is 17.0. The van der Waals surface area contributed by atoms with Crippen molar-refractivity contribution in [3.63, 3.8) is 0 Å². The molecule has 0 saturated carbocycles. The van der Waals surface area contributed by atoms with Crippen LogP contribution in [-0.4, -0.2) is 31.9 Å². The second-order valence-corrected chi connectivity index (χ2v) is 5.36. The van der Waals surface area contributed by atoms with Gasteiger partial charge in [-0.3, -0.25) is 9.48 Å². The van der Waals surface area contributed by atoms with E-state index in [1.54, 1.807) is 17.8 Å². The Morgan fingerprint density at radius 2 is 2.18 bits per heavy atom. The monoisotopic (exact) mass is 301 g/mol. The third-order valence-electron chi connectivity index (χ3n) is 3.92. The van der Waals surface area contributed by atoms with E-state index in [4.69, 9.17) is 5.11 Å². The average molecular weight is 301 g/mol. The van der Waals surface area contributed by atoms with Gasteiger partial charge in [0.2, 0.25) is 5.91 Å². The van der Waals surface area contributed by atoms with Gasteiger partial charge in [-0.25, -0.2) is 4.79 Å². The van der Waals surface area contributed by atoms with Crippen LogP contribution in [0.5, 0.6) is 5.75 Å². The number of nitrogens with zero attached hydrogens (tertiary/aromatic N) is 2. The van der Waals surface area contributed by atoms with Crippen LogP contribution in [0.4, 0.5) is 5.82 Å². The van der Waals surface area contributed by atoms with Crippen molar-refractivity contribution in [2.24, 2.45) is 7.05 Å². The molecular weight excluding hydrogens is 286 g/mol. The molecule has 0 saturated heterocycles. The zero-order valence-electron chi connectivity index (χ0n) is 12.1. The van der Waals surface area contributed by atoms with E-state index >= 15 is 0 Å². The van der Waals surface area contributed by atoms with Gasteiger partial charge in [0.1, 0.15) is 17.1 Å². The van der Waals surface area contributed by atoms with Gasteiger partial charge in [0.15, 0.2) is 0 Å². The molecule has 1 aliphatic rings. The molecule has 1 atom stereocenters. The Bertz CT molecular complexity index is 794. The first-order valence-corrected chi connectivity index (χ1v) is 6.78. The number of nitrogens with one attached hydrogen (secondary N) is 1. The molecule has 1 aromatic carbocycles. The fourth-order valence-corrected chi connectivity index (χ4v) is 2.94. The van der Waals surface area contributed by atoms with Crippen molar-refractivity contribution in [3.05, 3.63) is 40.6 Å². The lowest BCUT2D eigenvalue weighted by molar-refractivity contribution is -0.116. The zero-order valence-corrected chi connectivity index (χ0v) is 12.1. The lowest BCUT2D eigenvalue weighted by atomic mass is 9.85. The third-order valence-corrected chi connectivity index (χ3v) is 3.92. The van der Waals surface area contributed by atoms with Gasteiger partial charge in [0.05, 0.1) is 5.69 Å². The lowest BCUT2D eigenvalue weighted by Crippen LogP contribution is -2.24. The predicted molar refractivity (Wildman–Crippen MR) is 78.1 cm³/mol. The Labute approximate surface area is 126 Å². The standard InChI is InChI=1S/C15H15N3O4/c1-7-13-9(6-12(20)16-14(13)18(2)17-7)8-3-4-11(19)10(5-8)15(21)22/h3-5,9,19H,6H2,1-2H3,(H,16,20)(H,21,22). The van der Waals surface area contributed by atoms with E-state index in [2.05, 4.69) is 10.4 Å². The van der Waals surface area contributed by atoms with E-state index in [0.717, 1.165) is 11.3 Å². The van der Waals surface area contributed by atoms with Crippen LogP contribution in [0.1, 0.15) is 39.5 Å². The maximum absolute atomic E-state index is 11.9. The van der Waals surface area contributed by atoms with Crippen molar-refractivity contribution in [2.45, 2.75) is 19.3 Å². The summed E-state index contributed by atoms with van der Waals surface area (Å²) < 4.78 is 1.60. The number of rotatable bonds is 2. The maximum atomic E-state index is 11.9. The summed E-state index contributed by atoms with van der Waals surface area (Å²) in [5.41, 5.74) is 2.16. The number of aromatic hydroxyl groups is 1. The molecule has 1 unspecified atom stereocenters. The van der Waals surface area contributed by atoms with Crippen molar-refractivity contribution in [3.8, 4) is 5.75 Å². The zero-order chi connectivity index (χ0) is 16.0. The Morgan fingerprint density at radius 1 is 1.45 bits per heavy atom. The summed E-state index contributed by atoms with van der Waals surface area (Å²) in [7, 11) is 1.74. The molecule has 1 amide bonds. The van der Waals surface area contributed by atoms with E-state index < -0.39 is 5.97 Å². The van der Waals surface area contributed by atoms with Gasteiger partial charge in [-0.1, -0.05) is 6.07 Å². The molecule has 2 aromatic rings. The molecule has 3 rings (SSSR count). The first-order chi connectivity index (χ1) is 10.4. The second-order valence-electron chi connectivity index (χ2n) is 5.36. The smallest absolute Gasteiger partial charge is 0.339 e. The van der Waals surface area contributed by atoms with Gasteiger partial charge in [-0.05, 0) is 24.6 Å². The van der Waals surface area contributed by atoms with Gasteiger partial charge in [0, 0.05) is 24.9 Å². The highest BCUT2D eigenvalue weighted by molar-refractivity contribution is 5.95. The van der Waals surface area contributed by atoms with E-state index in [1.807, 2.05) is 6.92 Å². The Hall–Kier alpha value is -2.83. The summed E-state index contributed by atoms with van der Waals surface area (Å²) in [6, 6.07) is 4.40. The van der Waals surface area contributed by atoms with Gasteiger partial charge in [-0.2, -0.15) is 5.10 Å². The van der Waals surface area contributed by atoms with Gasteiger partial charge < -0.3 is 15.5 Å². The summed E-state index contributed by atoms with van der Waals surface area (Å²) in [4.78, 5) is 23.1. The molecule has 3 N–H and O–H groups in total. The van der Waals surface area contributed by atoms with E-state index in [-0.39, 0.29) is 29.6 Å². The summed E-state index contributed by atoms with van der Waals surface area (Å²) in [6.07, 6.45) is 0.212. The van der Waals surface area contributed by atoms with E-state index in [1.165, 1.54) is 12.1 Å². The molecule has 0 fully saturated rings. The number of carbonyl (C=O) groups excluding carboxylic acids is 1. The highest BCUT2D eigenvalue weighted by Gasteiger charge is 2.32. The third kappa shape index (κ3) is 2.11. The minimum absolute atomic E-state index is 0.148. The predicted octanol–water partition coefficient (Wildman–Crippen LogP) is 1.61. The van der Waals surface area contributed by atoms with Crippen LogP contribution in [-0.2, 0) is 11.8 Å². The van der Waals surface area contributed by atoms with Crippen molar-refractivity contribution in [1.29, 1.82) is 0 Å². The van der Waals surface area contributed by atoms with Gasteiger partial charge >= 0.3 is 5.97 Å². The Kier molecular flexibility index (Phi) is 3.13. The molecular formula is C15H15N3O4. The minimum atomic E-state index is -1.21. The first-order valence-electron chi connectivity index (χ1n) is 6.78. The number of phenols is 1. The number of aryl methyl sites for hydroxylation is 2. The number of aromatic carboxylic acids is 1. The van der Waals surface area contributed by atoms with Crippen LogP contribution < -0.4 is 5.32 Å². The van der Waals surface area contributed by atoms with E-state index in [9.17, 15) is 14.7 Å². The molecule has 22 heavy (non-hydrogen) atoms. The fraction of sp³-hybridized carbons (Fsp3) is 0.267. The molecule has 7 nitrogen and oxygen atoms in total. The second kappa shape index (κ2) is 4.87. The molecule has 0 bridgehead atoms. The summed E-state index contributed by atoms with van der Waals surface area (Å²) in [6.45, 7) is 1.85. The van der Waals surface area contributed by atoms with Crippen molar-refractivity contribution < 1.29 is 19.8 Å². The number of amides is 1. The summed E-state index contributed by atoms with van der Waals surface area (Å²) in [5.74, 6) is -1.30. The van der Waals surface area contributed by atoms with E-state index in [0.29, 0.717) is 11.4 Å². The quantitative estimate of drug-likeness (QED) is 0.781. The number of carboxylic acids is 1. The van der Waals surface area contributed by atoms with Crippen LogP contribution in [0.2, 0.25) is 0 Å². The number of hydrogen-bond donors (Lipinski definition) is 3. The first kappa shape index (κ1) is 14.1. The number of anilines is 1. The van der Waals surface area contributed by atoms with Gasteiger partial charge in [-0.15, -0.1) is 0 Å². The van der Waals surface area contributed by atoms with Crippen molar-refractivity contribution in [1.82, 2.24) is 9.78 Å². The Balaban J connectivity index is 2.15. The molecule has 1 aliphatic heterocycles. The van der Waals surface area contributed by atoms with Crippen LogP contribution in [0.3, 0.4) is 0 Å². The average Bonchev–Trinajstić information content (AvgIpc) is 2.73. The largest absolute Gasteiger partial charge is 0.507 e. The number of hydrogen-bond acceptors (Lipinski definition) is 4. The number of fused-ring (bicyclic) bond motifs is 1. The number of benzene rings is 1. The highest BCUT2D eigenvalue weighted by Crippen LogP contribution is 2.39. The van der Waals surface area contributed by atoms with Crippen LogP contribution in [0.15, 0.2) is 18.2 Å². The number of carbonyl (C=O) groups is 2. The number of aromatic nitrogens is 2. The fourth-order valence-electron chi connectivity index (χ4n) is 2.94. The molecule has 7 heteroatoms. The van der Waals surface area contributed by atoms with Crippen molar-refractivity contribution in [2.75, 3.05) is 5.32 Å². The maximum Gasteiger partial charge on any atom is 0.339 e. The molecule has 0 aliphatic carbocycles. The van der Waals surface area contributed by atoms with Crippen molar-refractivity contribution >= 4 is 17.7 Å². The van der Waals surface area contributed by atoms with Gasteiger partial charge in [0.25, 0.3) is 0 Å². The Morgan fingerprint density at radius 3 is 2.86 bits per heavy atom. The van der Waals surface area contributed by atoms with Crippen LogP contribution >= 0.6 is 0 Å². The molecule has 1 aromatic heterocycles. The SMILES string of the molecule is Cc1nn(C)c2c1C(c1ccc(O)c(C(=O)O)c1)CC(=O)N2. The minimum Gasteiger partial charge on any atom is -0.507 e. The summed E-state index contributed by atoms with van der Waals surface area (Å²) in [5, 5.41) is 25.9. The topological polar surface area (TPSA) is 104 Å². The van der Waals surface area contributed by atoms with Crippen LogP contribution in [0, 0.1) is 6.92 Å². The highest BCUT2D eigenvalue weighted by atomic mass is 16.4. The molecule has 0 spiro atoms. The lowest BCUT2D eigenvalue weighted by Gasteiger charge is -2.24. The molecule has 2 heterocycles.